The van der Waals surface area contributed by atoms with Crippen molar-refractivity contribution in [2.45, 2.75) is 26.1 Å². The topological polar surface area (TPSA) is 95.7 Å². The van der Waals surface area contributed by atoms with E-state index in [9.17, 15) is 4.79 Å². The molecule has 0 bridgehead atoms. The van der Waals surface area contributed by atoms with Crippen LogP contribution in [-0.2, 0) is 31.5 Å². The Labute approximate surface area is 213 Å². The fourth-order valence-corrected chi connectivity index (χ4v) is 3.56. The molecule has 0 saturated carbocycles. The summed E-state index contributed by atoms with van der Waals surface area (Å²) in [4.78, 5) is 20.1. The molecule has 0 aliphatic carbocycles. The molecule has 4 rings (SSSR count). The molecule has 0 radical (unpaired) electrons. The molecule has 184 valence electrons. The zero-order chi connectivity index (χ0) is 24.1. The number of aryl methyl sites for hydroxylation is 2. The van der Waals surface area contributed by atoms with E-state index in [1.54, 1.807) is 37.4 Å². The maximum absolute atomic E-state index is 11.1. The summed E-state index contributed by atoms with van der Waals surface area (Å²) in [6.07, 6.45) is 0.359. The van der Waals surface area contributed by atoms with Crippen molar-refractivity contribution < 1.29 is 24.1 Å². The lowest BCUT2D eigenvalue weighted by Gasteiger charge is -2.14. The molecule has 0 saturated heterocycles. The van der Waals surface area contributed by atoms with Gasteiger partial charge < -0.3 is 23.9 Å². The number of rotatable bonds is 10. The van der Waals surface area contributed by atoms with Crippen molar-refractivity contribution in [3.05, 3.63) is 76.6 Å². The molecule has 0 aliphatic heterocycles. The van der Waals surface area contributed by atoms with Gasteiger partial charge in [0.2, 0.25) is 5.88 Å². The molecule has 0 unspecified atom stereocenters. The maximum atomic E-state index is 11.1. The number of carbonyl (C=O) groups is 1. The summed E-state index contributed by atoms with van der Waals surface area (Å²) in [6.45, 7) is 0.541. The summed E-state index contributed by atoms with van der Waals surface area (Å²) >= 11 is 5.95. The average molecular weight is 518 g/mol. The van der Waals surface area contributed by atoms with Crippen LogP contribution in [0.4, 0.5) is 0 Å². The zero-order valence-corrected chi connectivity index (χ0v) is 20.8. The maximum Gasteiger partial charge on any atom is 0.303 e. The Bertz CT molecular complexity index is 1310. The standard InChI is InChI=1S/C25H24ClN3O5.ClH/c1-29-22(27-20-10-11-23(32-2)28-25(20)29)15-33-19-9-5-17(6-12-24(30)31)21(13-19)34-14-16-3-7-18(26)8-4-16;/h3-5,7-11,13H,6,12,14-15H2,1-2H3,(H,30,31);1H. The van der Waals surface area contributed by atoms with Crippen LogP contribution in [0.3, 0.4) is 0 Å². The second-order valence-corrected chi connectivity index (χ2v) is 8.09. The summed E-state index contributed by atoms with van der Waals surface area (Å²) < 4.78 is 19.1. The number of benzene rings is 2. The van der Waals surface area contributed by atoms with E-state index >= 15 is 0 Å². The van der Waals surface area contributed by atoms with Crippen LogP contribution in [-0.4, -0.2) is 32.7 Å². The van der Waals surface area contributed by atoms with Crippen LogP contribution in [0.15, 0.2) is 54.6 Å². The number of imidazole rings is 1. The minimum Gasteiger partial charge on any atom is -0.488 e. The SMILES string of the molecule is COc1ccc2nc(COc3ccc(CCC(=O)O)c(OCc4ccc(Cl)cc4)c3)n(C)c2n1.Cl. The Kier molecular flexibility index (Phi) is 8.78. The number of aliphatic carboxylic acids is 1. The van der Waals surface area contributed by atoms with Gasteiger partial charge in [-0.05, 0) is 41.8 Å². The van der Waals surface area contributed by atoms with Gasteiger partial charge in [-0.2, -0.15) is 4.98 Å². The number of carboxylic acids is 1. The van der Waals surface area contributed by atoms with E-state index in [-0.39, 0.29) is 25.4 Å². The Morgan fingerprint density at radius 2 is 1.80 bits per heavy atom. The fourth-order valence-electron chi connectivity index (χ4n) is 3.43. The lowest BCUT2D eigenvalue weighted by molar-refractivity contribution is -0.136. The predicted molar refractivity (Wildman–Crippen MR) is 135 cm³/mol. The van der Waals surface area contributed by atoms with E-state index in [1.807, 2.05) is 35.9 Å². The number of hydrogen-bond acceptors (Lipinski definition) is 6. The number of aromatic nitrogens is 3. The summed E-state index contributed by atoms with van der Waals surface area (Å²) in [5, 5.41) is 9.73. The molecule has 2 aromatic heterocycles. The molecule has 35 heavy (non-hydrogen) atoms. The highest BCUT2D eigenvalue weighted by molar-refractivity contribution is 6.30. The van der Waals surface area contributed by atoms with Gasteiger partial charge in [-0.1, -0.05) is 29.8 Å². The Hall–Kier alpha value is -3.49. The number of nitrogens with zero attached hydrogens (tertiary/aromatic N) is 3. The van der Waals surface area contributed by atoms with Crippen molar-refractivity contribution >= 4 is 41.1 Å². The minimum atomic E-state index is -0.865. The van der Waals surface area contributed by atoms with Gasteiger partial charge in [-0.3, -0.25) is 4.79 Å². The highest BCUT2D eigenvalue weighted by Crippen LogP contribution is 2.28. The monoisotopic (exact) mass is 517 g/mol. The van der Waals surface area contributed by atoms with E-state index in [4.69, 9.17) is 30.9 Å². The number of carboxylic acid groups (broad SMARTS) is 1. The molecule has 4 aromatic rings. The smallest absolute Gasteiger partial charge is 0.303 e. The molecule has 0 atom stereocenters. The number of ether oxygens (including phenoxy) is 3. The highest BCUT2D eigenvalue weighted by atomic mass is 35.5. The average Bonchev–Trinajstić information content (AvgIpc) is 3.16. The van der Waals surface area contributed by atoms with E-state index < -0.39 is 5.97 Å². The molecule has 1 N–H and O–H groups in total. The summed E-state index contributed by atoms with van der Waals surface area (Å²) in [5.41, 5.74) is 3.19. The molecule has 0 amide bonds. The van der Waals surface area contributed by atoms with Crippen LogP contribution < -0.4 is 14.2 Å². The predicted octanol–water partition coefficient (Wildman–Crippen LogP) is 5.23. The second-order valence-electron chi connectivity index (χ2n) is 7.65. The summed E-state index contributed by atoms with van der Waals surface area (Å²) in [5.74, 6) is 1.51. The van der Waals surface area contributed by atoms with Crippen molar-refractivity contribution in [2.75, 3.05) is 7.11 Å². The zero-order valence-electron chi connectivity index (χ0n) is 19.2. The van der Waals surface area contributed by atoms with Crippen molar-refractivity contribution in [2.24, 2.45) is 7.05 Å². The molecule has 0 fully saturated rings. The third-order valence-electron chi connectivity index (χ3n) is 5.31. The Morgan fingerprint density at radius 1 is 1.03 bits per heavy atom. The van der Waals surface area contributed by atoms with Crippen LogP contribution in [0.5, 0.6) is 17.4 Å². The molecule has 2 aromatic carbocycles. The van der Waals surface area contributed by atoms with Gasteiger partial charge in [-0.25, -0.2) is 4.98 Å². The van der Waals surface area contributed by atoms with E-state index in [0.29, 0.717) is 46.9 Å². The van der Waals surface area contributed by atoms with Crippen molar-refractivity contribution in [1.82, 2.24) is 14.5 Å². The second kappa shape index (κ2) is 11.8. The third kappa shape index (κ3) is 6.55. The van der Waals surface area contributed by atoms with Gasteiger partial charge in [0.15, 0.2) is 5.65 Å². The van der Waals surface area contributed by atoms with Crippen LogP contribution in [0, 0.1) is 0 Å². The van der Waals surface area contributed by atoms with Crippen LogP contribution in [0.25, 0.3) is 11.2 Å². The molecular weight excluding hydrogens is 493 g/mol. The lowest BCUT2D eigenvalue weighted by Crippen LogP contribution is -2.05. The van der Waals surface area contributed by atoms with Crippen molar-refractivity contribution in [3.8, 4) is 17.4 Å². The Balaban J connectivity index is 0.00000342. The molecule has 10 heteroatoms. The first-order valence-electron chi connectivity index (χ1n) is 10.6. The quantitative estimate of drug-likeness (QED) is 0.307. The van der Waals surface area contributed by atoms with Crippen molar-refractivity contribution in [3.63, 3.8) is 0 Å². The highest BCUT2D eigenvalue weighted by Gasteiger charge is 2.13. The minimum absolute atomic E-state index is 0. The largest absolute Gasteiger partial charge is 0.488 e. The van der Waals surface area contributed by atoms with Crippen LogP contribution in [0.1, 0.15) is 23.4 Å². The van der Waals surface area contributed by atoms with Gasteiger partial charge in [0.1, 0.15) is 36.1 Å². The van der Waals surface area contributed by atoms with Crippen molar-refractivity contribution in [1.29, 1.82) is 0 Å². The number of pyridine rings is 1. The molecule has 2 heterocycles. The van der Waals surface area contributed by atoms with Gasteiger partial charge in [-0.15, -0.1) is 12.4 Å². The molecular formula is C25H25Cl2N3O5. The molecule has 0 spiro atoms. The first-order valence-corrected chi connectivity index (χ1v) is 11.0. The number of methoxy groups -OCH3 is 1. The summed E-state index contributed by atoms with van der Waals surface area (Å²) in [7, 11) is 3.44. The van der Waals surface area contributed by atoms with Gasteiger partial charge in [0.25, 0.3) is 0 Å². The summed E-state index contributed by atoms with van der Waals surface area (Å²) in [6, 6.07) is 16.4. The van der Waals surface area contributed by atoms with Crippen LogP contribution in [0.2, 0.25) is 5.02 Å². The van der Waals surface area contributed by atoms with E-state index in [0.717, 1.165) is 16.6 Å². The van der Waals surface area contributed by atoms with E-state index in [1.165, 1.54) is 0 Å². The van der Waals surface area contributed by atoms with Gasteiger partial charge in [0, 0.05) is 30.6 Å². The van der Waals surface area contributed by atoms with Crippen LogP contribution >= 0.6 is 24.0 Å². The fraction of sp³-hybridized carbons (Fsp3) is 0.240. The lowest BCUT2D eigenvalue weighted by atomic mass is 10.1. The van der Waals surface area contributed by atoms with Gasteiger partial charge >= 0.3 is 5.97 Å². The molecule has 8 nitrogen and oxygen atoms in total. The first-order chi connectivity index (χ1) is 16.4. The normalized spacial score (nSPS) is 10.6. The first kappa shape index (κ1) is 26.1. The van der Waals surface area contributed by atoms with Gasteiger partial charge in [0.05, 0.1) is 7.11 Å². The number of hydrogen-bond donors (Lipinski definition) is 1. The number of halogens is 2. The number of fused-ring (bicyclic) bond motifs is 1. The third-order valence-corrected chi connectivity index (χ3v) is 5.57. The molecule has 0 aliphatic rings. The van der Waals surface area contributed by atoms with E-state index in [2.05, 4.69) is 9.97 Å². The Morgan fingerprint density at radius 3 is 2.51 bits per heavy atom.